The zero-order chi connectivity index (χ0) is 26.0. The number of aliphatic hydroxyl groups is 1. The predicted octanol–water partition coefficient (Wildman–Crippen LogP) is 3.69. The SMILES string of the molecule is CNCC(O)COc1cccc(-c2nc(-c3c(C)noc3C)c(C)c(N(C)C3CC(C)(OC)C3)n2)c1. The Balaban J connectivity index is 1.74. The molecule has 2 aromatic heterocycles. The molecule has 36 heavy (non-hydrogen) atoms. The number of benzene rings is 1. The summed E-state index contributed by atoms with van der Waals surface area (Å²) < 4.78 is 17.0. The minimum atomic E-state index is -0.596. The number of ether oxygens (including phenoxy) is 2. The van der Waals surface area contributed by atoms with Crippen molar-refractivity contribution in [2.24, 2.45) is 0 Å². The summed E-state index contributed by atoms with van der Waals surface area (Å²) in [4.78, 5) is 12.2. The number of aromatic nitrogens is 3. The molecule has 194 valence electrons. The average Bonchev–Trinajstić information content (AvgIpc) is 3.18. The third-order valence-electron chi connectivity index (χ3n) is 7.07. The number of hydrogen-bond acceptors (Lipinski definition) is 9. The van der Waals surface area contributed by atoms with Crippen LogP contribution in [0.15, 0.2) is 28.8 Å². The summed E-state index contributed by atoms with van der Waals surface area (Å²) in [7, 11) is 5.65. The summed E-state index contributed by atoms with van der Waals surface area (Å²) in [5, 5.41) is 17.1. The van der Waals surface area contributed by atoms with Crippen LogP contribution in [0.25, 0.3) is 22.6 Å². The standard InChI is InChI=1S/C27H37N5O4/c1-16-24(23-17(2)31-36-18(23)3)29-25(30-26(16)32(6)20-12-27(4,13-20)34-7)19-9-8-10-22(11-19)35-15-21(33)14-28-5/h8-11,20-21,28,33H,12-15H2,1-7H3. The topological polar surface area (TPSA) is 106 Å². The molecular weight excluding hydrogens is 458 g/mol. The molecular formula is C27H37N5O4. The summed E-state index contributed by atoms with van der Waals surface area (Å²) in [6.07, 6.45) is 1.26. The van der Waals surface area contributed by atoms with Crippen LogP contribution in [0.5, 0.6) is 5.75 Å². The second-order valence-electron chi connectivity index (χ2n) is 9.92. The Morgan fingerprint density at radius 2 is 2.00 bits per heavy atom. The minimum Gasteiger partial charge on any atom is -0.491 e. The van der Waals surface area contributed by atoms with Crippen LogP contribution >= 0.6 is 0 Å². The number of methoxy groups -OCH3 is 1. The Kier molecular flexibility index (Phi) is 7.63. The molecule has 1 aliphatic carbocycles. The first-order chi connectivity index (χ1) is 17.2. The normalized spacial score (nSPS) is 20.2. The maximum absolute atomic E-state index is 10.0. The van der Waals surface area contributed by atoms with Crippen LogP contribution in [0.1, 0.15) is 36.8 Å². The number of aryl methyl sites for hydroxylation is 2. The Labute approximate surface area is 212 Å². The lowest BCUT2D eigenvalue weighted by Gasteiger charge is -2.48. The number of rotatable bonds is 10. The molecule has 1 saturated carbocycles. The average molecular weight is 496 g/mol. The van der Waals surface area contributed by atoms with Gasteiger partial charge >= 0.3 is 0 Å². The third kappa shape index (κ3) is 5.23. The van der Waals surface area contributed by atoms with Gasteiger partial charge in [-0.25, -0.2) is 9.97 Å². The predicted molar refractivity (Wildman–Crippen MR) is 139 cm³/mol. The van der Waals surface area contributed by atoms with E-state index in [9.17, 15) is 5.11 Å². The first-order valence-corrected chi connectivity index (χ1v) is 12.3. The fourth-order valence-corrected chi connectivity index (χ4v) is 4.80. The van der Waals surface area contributed by atoms with Crippen LogP contribution in [0.4, 0.5) is 5.82 Å². The lowest BCUT2D eigenvalue weighted by atomic mass is 9.76. The van der Waals surface area contributed by atoms with Crippen molar-refractivity contribution in [2.45, 2.75) is 58.3 Å². The number of aliphatic hydroxyl groups excluding tert-OH is 1. The van der Waals surface area contributed by atoms with E-state index in [4.69, 9.17) is 24.0 Å². The third-order valence-corrected chi connectivity index (χ3v) is 7.07. The van der Waals surface area contributed by atoms with Gasteiger partial charge in [0.15, 0.2) is 5.82 Å². The van der Waals surface area contributed by atoms with Gasteiger partial charge in [0.1, 0.15) is 30.0 Å². The van der Waals surface area contributed by atoms with Crippen LogP contribution in [0.3, 0.4) is 0 Å². The van der Waals surface area contributed by atoms with Gasteiger partial charge in [-0.1, -0.05) is 17.3 Å². The van der Waals surface area contributed by atoms with E-state index >= 15 is 0 Å². The summed E-state index contributed by atoms with van der Waals surface area (Å²) in [6, 6.07) is 7.97. The second kappa shape index (κ2) is 10.5. The molecule has 1 unspecified atom stereocenters. The van der Waals surface area contributed by atoms with Crippen molar-refractivity contribution in [3.05, 3.63) is 41.3 Å². The van der Waals surface area contributed by atoms with Gasteiger partial charge in [0.2, 0.25) is 0 Å². The molecule has 3 aromatic rings. The summed E-state index contributed by atoms with van der Waals surface area (Å²) in [5.74, 6) is 2.83. The highest BCUT2D eigenvalue weighted by Crippen LogP contribution is 2.41. The lowest BCUT2D eigenvalue weighted by molar-refractivity contribution is -0.0676. The molecule has 0 amide bonds. The number of hydrogen-bond donors (Lipinski definition) is 2. The number of nitrogens with zero attached hydrogens (tertiary/aromatic N) is 4. The van der Waals surface area contributed by atoms with Crippen molar-refractivity contribution >= 4 is 5.82 Å². The van der Waals surface area contributed by atoms with Gasteiger partial charge in [-0.2, -0.15) is 0 Å². The van der Waals surface area contributed by atoms with E-state index in [1.54, 1.807) is 14.2 Å². The molecule has 2 N–H and O–H groups in total. The molecule has 1 aliphatic rings. The number of anilines is 1. The molecule has 1 aromatic carbocycles. The fourth-order valence-electron chi connectivity index (χ4n) is 4.80. The highest BCUT2D eigenvalue weighted by Gasteiger charge is 2.43. The zero-order valence-electron chi connectivity index (χ0n) is 22.3. The first kappa shape index (κ1) is 26.1. The molecule has 0 aliphatic heterocycles. The number of likely N-dealkylation sites (N-methyl/N-ethyl adjacent to an activating group) is 1. The Morgan fingerprint density at radius 3 is 2.64 bits per heavy atom. The summed E-state index contributed by atoms with van der Waals surface area (Å²) >= 11 is 0. The molecule has 0 saturated heterocycles. The van der Waals surface area contributed by atoms with E-state index in [1.165, 1.54) is 0 Å². The van der Waals surface area contributed by atoms with Gasteiger partial charge in [0.25, 0.3) is 0 Å². The number of nitrogens with one attached hydrogen (secondary N) is 1. The van der Waals surface area contributed by atoms with Crippen LogP contribution in [-0.4, -0.2) is 72.3 Å². The molecule has 0 spiro atoms. The van der Waals surface area contributed by atoms with E-state index in [-0.39, 0.29) is 12.2 Å². The zero-order valence-corrected chi connectivity index (χ0v) is 22.3. The summed E-state index contributed by atoms with van der Waals surface area (Å²) in [6.45, 7) is 8.67. The van der Waals surface area contributed by atoms with Gasteiger partial charge in [0.05, 0.1) is 22.6 Å². The quantitative estimate of drug-likeness (QED) is 0.436. The molecule has 0 bridgehead atoms. The Morgan fingerprint density at radius 1 is 1.25 bits per heavy atom. The van der Waals surface area contributed by atoms with Crippen LogP contribution in [-0.2, 0) is 4.74 Å². The van der Waals surface area contributed by atoms with E-state index in [1.807, 2.05) is 45.0 Å². The van der Waals surface area contributed by atoms with E-state index in [0.717, 1.165) is 52.5 Å². The molecule has 2 heterocycles. The van der Waals surface area contributed by atoms with Crippen molar-refractivity contribution < 1.29 is 19.1 Å². The van der Waals surface area contributed by atoms with Gasteiger partial charge in [0, 0.05) is 37.9 Å². The van der Waals surface area contributed by atoms with Crippen molar-refractivity contribution in [2.75, 3.05) is 39.3 Å². The van der Waals surface area contributed by atoms with Crippen molar-refractivity contribution in [3.8, 4) is 28.4 Å². The first-order valence-electron chi connectivity index (χ1n) is 12.3. The van der Waals surface area contributed by atoms with Crippen LogP contribution in [0, 0.1) is 20.8 Å². The largest absolute Gasteiger partial charge is 0.491 e. The Bertz CT molecular complexity index is 1190. The molecule has 0 radical (unpaired) electrons. The van der Waals surface area contributed by atoms with Gasteiger partial charge in [-0.3, -0.25) is 0 Å². The van der Waals surface area contributed by atoms with Gasteiger partial charge in [-0.05, 0) is 59.7 Å². The maximum Gasteiger partial charge on any atom is 0.162 e. The minimum absolute atomic E-state index is 0.100. The molecule has 1 atom stereocenters. The highest BCUT2D eigenvalue weighted by molar-refractivity contribution is 5.75. The summed E-state index contributed by atoms with van der Waals surface area (Å²) in [5.41, 5.74) is 4.20. The molecule has 1 fully saturated rings. The van der Waals surface area contributed by atoms with E-state index in [0.29, 0.717) is 24.2 Å². The smallest absolute Gasteiger partial charge is 0.162 e. The van der Waals surface area contributed by atoms with Gasteiger partial charge < -0.3 is 29.3 Å². The fraction of sp³-hybridized carbons (Fsp3) is 0.519. The van der Waals surface area contributed by atoms with Crippen molar-refractivity contribution in [1.82, 2.24) is 20.4 Å². The monoisotopic (exact) mass is 495 g/mol. The molecule has 9 nitrogen and oxygen atoms in total. The lowest BCUT2D eigenvalue weighted by Crippen LogP contribution is -2.54. The van der Waals surface area contributed by atoms with Crippen molar-refractivity contribution in [1.29, 1.82) is 0 Å². The molecule has 4 rings (SSSR count). The Hall–Kier alpha value is -3.01. The molecule has 9 heteroatoms. The maximum atomic E-state index is 10.0. The van der Waals surface area contributed by atoms with Crippen molar-refractivity contribution in [3.63, 3.8) is 0 Å². The van der Waals surface area contributed by atoms with E-state index < -0.39 is 6.10 Å². The van der Waals surface area contributed by atoms with Crippen LogP contribution in [0.2, 0.25) is 0 Å². The second-order valence-corrected chi connectivity index (χ2v) is 9.92. The van der Waals surface area contributed by atoms with E-state index in [2.05, 4.69) is 29.3 Å². The van der Waals surface area contributed by atoms with Crippen LogP contribution < -0.4 is 15.0 Å². The highest BCUT2D eigenvalue weighted by atomic mass is 16.5. The van der Waals surface area contributed by atoms with Gasteiger partial charge in [-0.15, -0.1) is 0 Å².